The van der Waals surface area contributed by atoms with Crippen LogP contribution in [-0.4, -0.2) is 77.6 Å². The standard InChI is InChI=1S/C31H43FN6O2/c1-7-27(39)37-11-12-38(20(4)16-37)30-24-13-19(3)23(28-21(5)18(2)14-25(33)29(28)32)15-26(24)34-31(35-30)40-17-22-9-8-10-36(22)6/h7,14,19-20,22-23H,1,8-13,15-17,33H2,2-6H3/t19-,20+,22+,23-/m1/s1. The number of aromatic nitrogens is 2. The summed E-state index contributed by atoms with van der Waals surface area (Å²) in [5, 5.41) is 0. The Morgan fingerprint density at radius 3 is 2.67 bits per heavy atom. The summed E-state index contributed by atoms with van der Waals surface area (Å²) in [6, 6.07) is 2.50. The van der Waals surface area contributed by atoms with Crippen molar-refractivity contribution in [2.75, 3.05) is 50.5 Å². The zero-order valence-corrected chi connectivity index (χ0v) is 24.5. The highest BCUT2D eigenvalue weighted by atomic mass is 19.1. The van der Waals surface area contributed by atoms with Crippen LogP contribution >= 0.6 is 0 Å². The van der Waals surface area contributed by atoms with E-state index in [0.29, 0.717) is 50.3 Å². The Balaban J connectivity index is 1.51. The molecule has 0 unspecified atom stereocenters. The number of nitrogen functional groups attached to an aromatic ring is 1. The average molecular weight is 551 g/mol. The minimum atomic E-state index is -0.310. The number of carbonyl (C=O) groups excluding carboxylic acids is 1. The van der Waals surface area contributed by atoms with E-state index < -0.39 is 0 Å². The van der Waals surface area contributed by atoms with Crippen molar-refractivity contribution in [3.8, 4) is 6.01 Å². The molecule has 0 saturated carbocycles. The van der Waals surface area contributed by atoms with E-state index in [2.05, 4.69) is 37.3 Å². The number of nitrogens with two attached hydrogens (primary N) is 1. The third kappa shape index (κ3) is 5.28. The number of aryl methyl sites for hydroxylation is 1. The second-order valence-electron chi connectivity index (χ2n) is 12.0. The van der Waals surface area contributed by atoms with E-state index in [9.17, 15) is 4.79 Å². The number of likely N-dealkylation sites (N-methyl/N-ethyl adjacent to an activating group) is 1. The van der Waals surface area contributed by atoms with Gasteiger partial charge in [0, 0.05) is 37.3 Å². The predicted octanol–water partition coefficient (Wildman–Crippen LogP) is 4.03. The number of nitrogens with zero attached hydrogens (tertiary/aromatic N) is 5. The van der Waals surface area contributed by atoms with E-state index in [4.69, 9.17) is 20.4 Å². The summed E-state index contributed by atoms with van der Waals surface area (Å²) < 4.78 is 21.8. The summed E-state index contributed by atoms with van der Waals surface area (Å²) in [4.78, 5) is 28.7. The number of anilines is 2. The van der Waals surface area contributed by atoms with Gasteiger partial charge in [0.15, 0.2) is 0 Å². The molecule has 3 aliphatic rings. The monoisotopic (exact) mass is 550 g/mol. The van der Waals surface area contributed by atoms with Gasteiger partial charge in [0.05, 0.1) is 11.4 Å². The molecule has 1 aromatic carbocycles. The molecule has 0 spiro atoms. The maximum atomic E-state index is 15.5. The number of carbonyl (C=O) groups is 1. The molecule has 3 heterocycles. The Labute approximate surface area is 237 Å². The fourth-order valence-corrected chi connectivity index (χ4v) is 6.78. The van der Waals surface area contributed by atoms with Crippen LogP contribution < -0.4 is 15.4 Å². The largest absolute Gasteiger partial charge is 0.462 e. The van der Waals surface area contributed by atoms with Crippen molar-refractivity contribution < 1.29 is 13.9 Å². The Morgan fingerprint density at radius 1 is 1.23 bits per heavy atom. The first-order valence-electron chi connectivity index (χ1n) is 14.5. The molecular formula is C31H43FN6O2. The first-order chi connectivity index (χ1) is 19.1. The molecule has 4 atom stereocenters. The van der Waals surface area contributed by atoms with Crippen LogP contribution in [0.25, 0.3) is 0 Å². The molecule has 2 aromatic rings. The van der Waals surface area contributed by atoms with Crippen LogP contribution in [0.4, 0.5) is 15.9 Å². The average Bonchev–Trinajstić information content (AvgIpc) is 3.35. The smallest absolute Gasteiger partial charge is 0.318 e. The molecule has 1 aliphatic carbocycles. The molecule has 1 aromatic heterocycles. The summed E-state index contributed by atoms with van der Waals surface area (Å²) in [5.41, 5.74) is 11.0. The maximum Gasteiger partial charge on any atom is 0.318 e. The maximum absolute atomic E-state index is 15.5. The number of amides is 1. The zero-order valence-electron chi connectivity index (χ0n) is 24.5. The lowest BCUT2D eigenvalue weighted by atomic mass is 9.73. The van der Waals surface area contributed by atoms with Crippen LogP contribution in [0.1, 0.15) is 60.6 Å². The van der Waals surface area contributed by atoms with Crippen molar-refractivity contribution in [2.24, 2.45) is 5.92 Å². The van der Waals surface area contributed by atoms with Crippen molar-refractivity contribution >= 4 is 17.4 Å². The Hall–Kier alpha value is -3.20. The zero-order chi connectivity index (χ0) is 28.7. The van der Waals surface area contributed by atoms with Crippen molar-refractivity contribution in [1.29, 1.82) is 0 Å². The van der Waals surface area contributed by atoms with Crippen LogP contribution in [0.15, 0.2) is 18.7 Å². The lowest BCUT2D eigenvalue weighted by Gasteiger charge is -2.42. The van der Waals surface area contributed by atoms with Crippen LogP contribution in [0.2, 0.25) is 0 Å². The molecule has 216 valence electrons. The lowest BCUT2D eigenvalue weighted by Crippen LogP contribution is -2.54. The third-order valence-corrected chi connectivity index (χ3v) is 9.37. The number of hydrogen-bond donors (Lipinski definition) is 1. The van der Waals surface area contributed by atoms with E-state index in [1.807, 2.05) is 18.7 Å². The quantitative estimate of drug-likeness (QED) is 0.429. The van der Waals surface area contributed by atoms with Gasteiger partial charge < -0.3 is 25.2 Å². The van der Waals surface area contributed by atoms with E-state index in [0.717, 1.165) is 54.0 Å². The van der Waals surface area contributed by atoms with E-state index >= 15 is 4.39 Å². The highest BCUT2D eigenvalue weighted by Crippen LogP contribution is 2.43. The molecule has 0 bridgehead atoms. The van der Waals surface area contributed by atoms with Gasteiger partial charge in [-0.25, -0.2) is 4.39 Å². The Morgan fingerprint density at radius 2 is 2.00 bits per heavy atom. The minimum absolute atomic E-state index is 0.0489. The second kappa shape index (κ2) is 11.4. The van der Waals surface area contributed by atoms with E-state index in [1.165, 1.54) is 6.08 Å². The molecule has 2 fully saturated rings. The van der Waals surface area contributed by atoms with Crippen LogP contribution in [0.3, 0.4) is 0 Å². The van der Waals surface area contributed by atoms with Gasteiger partial charge in [-0.1, -0.05) is 13.5 Å². The van der Waals surface area contributed by atoms with Crippen molar-refractivity contribution in [1.82, 2.24) is 19.8 Å². The fourth-order valence-electron chi connectivity index (χ4n) is 6.78. The van der Waals surface area contributed by atoms with Gasteiger partial charge in [-0.05, 0) is 101 Å². The van der Waals surface area contributed by atoms with E-state index in [1.54, 1.807) is 6.07 Å². The first kappa shape index (κ1) is 28.3. The van der Waals surface area contributed by atoms with Crippen molar-refractivity contribution in [2.45, 2.75) is 71.4 Å². The molecule has 5 rings (SSSR count). The molecule has 9 heteroatoms. The number of likely N-dealkylation sites (tertiary alicyclic amines) is 1. The van der Waals surface area contributed by atoms with Crippen LogP contribution in [0, 0.1) is 25.6 Å². The molecule has 40 heavy (non-hydrogen) atoms. The predicted molar refractivity (Wildman–Crippen MR) is 156 cm³/mol. The Kier molecular flexibility index (Phi) is 8.04. The number of hydrogen-bond acceptors (Lipinski definition) is 7. The molecule has 2 N–H and O–H groups in total. The number of halogens is 1. The van der Waals surface area contributed by atoms with Gasteiger partial charge in [0.25, 0.3) is 0 Å². The van der Waals surface area contributed by atoms with Gasteiger partial charge in [0.2, 0.25) is 5.91 Å². The molecule has 0 radical (unpaired) electrons. The van der Waals surface area contributed by atoms with E-state index in [-0.39, 0.29) is 35.3 Å². The van der Waals surface area contributed by atoms with Gasteiger partial charge in [-0.3, -0.25) is 4.79 Å². The van der Waals surface area contributed by atoms with Gasteiger partial charge in [0.1, 0.15) is 18.2 Å². The highest BCUT2D eigenvalue weighted by molar-refractivity contribution is 5.87. The number of benzene rings is 1. The second-order valence-corrected chi connectivity index (χ2v) is 12.0. The first-order valence-corrected chi connectivity index (χ1v) is 14.5. The molecule has 8 nitrogen and oxygen atoms in total. The Bertz CT molecular complexity index is 1270. The lowest BCUT2D eigenvalue weighted by molar-refractivity contribution is -0.126. The van der Waals surface area contributed by atoms with Gasteiger partial charge in [-0.15, -0.1) is 0 Å². The summed E-state index contributed by atoms with van der Waals surface area (Å²) >= 11 is 0. The van der Waals surface area contributed by atoms with Crippen molar-refractivity contribution in [3.63, 3.8) is 0 Å². The number of rotatable bonds is 6. The van der Waals surface area contributed by atoms with Crippen molar-refractivity contribution in [3.05, 3.63) is 52.5 Å². The van der Waals surface area contributed by atoms with Crippen LogP contribution in [0.5, 0.6) is 6.01 Å². The topological polar surface area (TPSA) is 87.8 Å². The fraction of sp³-hybridized carbons (Fsp3) is 0.581. The van der Waals surface area contributed by atoms with Crippen LogP contribution in [-0.2, 0) is 17.6 Å². The molecule has 1 amide bonds. The summed E-state index contributed by atoms with van der Waals surface area (Å²) in [6.45, 7) is 15.4. The summed E-state index contributed by atoms with van der Waals surface area (Å²) in [7, 11) is 2.13. The van der Waals surface area contributed by atoms with Gasteiger partial charge >= 0.3 is 6.01 Å². The number of piperazine rings is 1. The molecule has 2 aliphatic heterocycles. The SMILES string of the molecule is C=CC(=O)N1CCN(c2nc(OC[C@@H]3CCCN3C)nc3c2C[C@@H](C)[C@H](c2c(C)c(C)cc(N)c2F)C3)[C@@H](C)C1. The minimum Gasteiger partial charge on any atom is -0.462 e. The van der Waals surface area contributed by atoms with Gasteiger partial charge in [-0.2, -0.15) is 9.97 Å². The summed E-state index contributed by atoms with van der Waals surface area (Å²) in [5.74, 6) is 0.638. The molecular weight excluding hydrogens is 507 g/mol. The highest BCUT2D eigenvalue weighted by Gasteiger charge is 2.37. The number of fused-ring (bicyclic) bond motifs is 1. The molecule has 2 saturated heterocycles. The normalized spacial score (nSPS) is 25.1. The third-order valence-electron chi connectivity index (χ3n) is 9.37. The number of ether oxygens (including phenoxy) is 1. The summed E-state index contributed by atoms with van der Waals surface area (Å²) in [6.07, 6.45) is 4.96.